The van der Waals surface area contributed by atoms with Crippen LogP contribution in [0, 0.1) is 5.41 Å². The Morgan fingerprint density at radius 2 is 1.83 bits per heavy atom. The van der Waals surface area contributed by atoms with Gasteiger partial charge in [-0.05, 0) is 45.4 Å². The minimum absolute atomic E-state index is 0.190. The van der Waals surface area contributed by atoms with Crippen molar-refractivity contribution in [2.75, 3.05) is 13.1 Å². The zero-order chi connectivity index (χ0) is 13.4. The van der Waals surface area contributed by atoms with E-state index in [9.17, 15) is 9.59 Å². The van der Waals surface area contributed by atoms with Crippen LogP contribution in [0.1, 0.15) is 52.9 Å². The fourth-order valence-corrected chi connectivity index (χ4v) is 2.92. The van der Waals surface area contributed by atoms with E-state index < -0.39 is 5.60 Å². The summed E-state index contributed by atoms with van der Waals surface area (Å²) in [6, 6.07) is 0. The van der Waals surface area contributed by atoms with Crippen molar-refractivity contribution in [1.29, 1.82) is 0 Å². The lowest BCUT2D eigenvalue weighted by Crippen LogP contribution is -2.44. The molecular weight excluding hydrogens is 230 g/mol. The van der Waals surface area contributed by atoms with Gasteiger partial charge in [-0.1, -0.05) is 0 Å². The van der Waals surface area contributed by atoms with Gasteiger partial charge in [-0.25, -0.2) is 4.79 Å². The number of hydrogen-bond acceptors (Lipinski definition) is 3. The zero-order valence-electron chi connectivity index (χ0n) is 11.6. The molecule has 4 nitrogen and oxygen atoms in total. The van der Waals surface area contributed by atoms with Gasteiger partial charge >= 0.3 is 6.09 Å². The second-order valence-electron chi connectivity index (χ2n) is 6.68. The zero-order valence-corrected chi connectivity index (χ0v) is 11.6. The maximum Gasteiger partial charge on any atom is 0.410 e. The maximum atomic E-state index is 11.9. The van der Waals surface area contributed by atoms with Crippen molar-refractivity contribution in [2.24, 2.45) is 5.41 Å². The molecule has 2 fully saturated rings. The van der Waals surface area contributed by atoms with E-state index in [-0.39, 0.29) is 11.5 Å². The summed E-state index contributed by atoms with van der Waals surface area (Å²) in [4.78, 5) is 25.1. The van der Waals surface area contributed by atoms with Gasteiger partial charge in [0, 0.05) is 25.9 Å². The Morgan fingerprint density at radius 1 is 1.22 bits per heavy atom. The number of carbonyl (C=O) groups excluding carboxylic acids is 2. The maximum absolute atomic E-state index is 11.9. The van der Waals surface area contributed by atoms with Gasteiger partial charge in [0.25, 0.3) is 0 Å². The second kappa shape index (κ2) is 4.56. The third-order valence-corrected chi connectivity index (χ3v) is 3.98. The third kappa shape index (κ3) is 3.03. The summed E-state index contributed by atoms with van der Waals surface area (Å²) < 4.78 is 5.37. The predicted octanol–water partition coefficient (Wildman–Crippen LogP) is 2.76. The molecule has 1 aliphatic carbocycles. The number of hydrogen-bond donors (Lipinski definition) is 0. The standard InChI is InChI=1S/C14H23NO3/c1-13(2,3)18-12(17)15-8-6-14(7-9-15)5-4-11(16)10-14/h4-10H2,1-3H3. The minimum Gasteiger partial charge on any atom is -0.444 e. The Balaban J connectivity index is 1.87. The van der Waals surface area contributed by atoms with Gasteiger partial charge in [-0.15, -0.1) is 0 Å². The van der Waals surface area contributed by atoms with E-state index in [1.54, 1.807) is 4.90 Å². The molecule has 2 rings (SSSR count). The van der Waals surface area contributed by atoms with Crippen LogP contribution >= 0.6 is 0 Å². The highest BCUT2D eigenvalue weighted by molar-refractivity contribution is 5.81. The van der Waals surface area contributed by atoms with Crippen molar-refractivity contribution < 1.29 is 14.3 Å². The Kier molecular flexibility index (Phi) is 3.39. The molecule has 0 aromatic heterocycles. The largest absolute Gasteiger partial charge is 0.444 e. The number of piperidine rings is 1. The smallest absolute Gasteiger partial charge is 0.410 e. The van der Waals surface area contributed by atoms with Crippen molar-refractivity contribution in [3.8, 4) is 0 Å². The summed E-state index contributed by atoms with van der Waals surface area (Å²) in [6.45, 7) is 7.09. The second-order valence-corrected chi connectivity index (χ2v) is 6.68. The van der Waals surface area contributed by atoms with E-state index in [0.717, 1.165) is 45.2 Å². The molecule has 18 heavy (non-hydrogen) atoms. The van der Waals surface area contributed by atoms with Gasteiger partial charge in [0.15, 0.2) is 0 Å². The average molecular weight is 253 g/mol. The summed E-state index contributed by atoms with van der Waals surface area (Å²) >= 11 is 0. The van der Waals surface area contributed by atoms with Gasteiger partial charge in [0.05, 0.1) is 0 Å². The lowest BCUT2D eigenvalue weighted by Gasteiger charge is -2.39. The van der Waals surface area contributed by atoms with Crippen LogP contribution in [0.15, 0.2) is 0 Å². The third-order valence-electron chi connectivity index (χ3n) is 3.98. The fourth-order valence-electron chi connectivity index (χ4n) is 2.92. The molecule has 1 aliphatic heterocycles. The fraction of sp³-hybridized carbons (Fsp3) is 0.857. The van der Waals surface area contributed by atoms with Gasteiger partial charge in [0.1, 0.15) is 11.4 Å². The molecule has 1 amide bonds. The predicted molar refractivity (Wildman–Crippen MR) is 68.3 cm³/mol. The molecule has 0 unspecified atom stereocenters. The van der Waals surface area contributed by atoms with Crippen molar-refractivity contribution in [3.05, 3.63) is 0 Å². The molecular formula is C14H23NO3. The van der Waals surface area contributed by atoms with Crippen LogP contribution in [0.4, 0.5) is 4.79 Å². The first-order chi connectivity index (χ1) is 8.30. The molecule has 0 aromatic carbocycles. The molecule has 0 aromatic rings. The number of ketones is 1. The van der Waals surface area contributed by atoms with Gasteiger partial charge < -0.3 is 9.64 Å². The van der Waals surface area contributed by atoms with Crippen LogP contribution in [0.2, 0.25) is 0 Å². The molecule has 1 saturated heterocycles. The van der Waals surface area contributed by atoms with E-state index in [0.29, 0.717) is 5.78 Å². The number of Topliss-reactive ketones (excluding diaryl/α,β-unsaturated/α-hetero) is 1. The number of ether oxygens (including phenoxy) is 1. The number of rotatable bonds is 0. The highest BCUT2D eigenvalue weighted by atomic mass is 16.6. The molecule has 1 heterocycles. The topological polar surface area (TPSA) is 46.6 Å². The summed E-state index contributed by atoms with van der Waals surface area (Å²) in [5.74, 6) is 0.390. The van der Waals surface area contributed by atoms with Crippen molar-refractivity contribution in [2.45, 2.75) is 58.5 Å². The van der Waals surface area contributed by atoms with Crippen LogP contribution in [0.25, 0.3) is 0 Å². The SMILES string of the molecule is CC(C)(C)OC(=O)N1CCC2(CCC(=O)C2)CC1. The van der Waals surface area contributed by atoms with E-state index in [1.165, 1.54) is 0 Å². The molecule has 1 spiro atoms. The lowest BCUT2D eigenvalue weighted by atomic mass is 9.77. The Morgan fingerprint density at radius 3 is 2.28 bits per heavy atom. The van der Waals surface area contributed by atoms with Crippen molar-refractivity contribution in [3.63, 3.8) is 0 Å². The molecule has 0 atom stereocenters. The van der Waals surface area contributed by atoms with Crippen molar-refractivity contribution in [1.82, 2.24) is 4.90 Å². The summed E-state index contributed by atoms with van der Waals surface area (Å²) in [7, 11) is 0. The summed E-state index contributed by atoms with van der Waals surface area (Å²) in [5, 5.41) is 0. The lowest BCUT2D eigenvalue weighted by molar-refractivity contribution is -0.118. The van der Waals surface area contributed by atoms with E-state index in [2.05, 4.69) is 0 Å². The van der Waals surface area contributed by atoms with Crippen LogP contribution in [-0.4, -0.2) is 35.5 Å². The molecule has 0 bridgehead atoms. The van der Waals surface area contributed by atoms with Crippen LogP contribution in [-0.2, 0) is 9.53 Å². The minimum atomic E-state index is -0.435. The average Bonchev–Trinajstić information content (AvgIpc) is 2.58. The molecule has 1 saturated carbocycles. The van der Waals surface area contributed by atoms with E-state index >= 15 is 0 Å². The Labute approximate surface area is 109 Å². The highest BCUT2D eigenvalue weighted by Crippen LogP contribution is 2.44. The quantitative estimate of drug-likeness (QED) is 0.667. The Hall–Kier alpha value is -1.06. The molecule has 0 radical (unpaired) electrons. The molecule has 102 valence electrons. The first-order valence-corrected chi connectivity index (χ1v) is 6.79. The van der Waals surface area contributed by atoms with Gasteiger partial charge in [-0.3, -0.25) is 4.79 Å². The number of amides is 1. The normalized spacial score (nSPS) is 23.5. The van der Waals surface area contributed by atoms with Crippen LogP contribution in [0.3, 0.4) is 0 Å². The van der Waals surface area contributed by atoms with Crippen LogP contribution < -0.4 is 0 Å². The van der Waals surface area contributed by atoms with Gasteiger partial charge in [-0.2, -0.15) is 0 Å². The van der Waals surface area contributed by atoms with Gasteiger partial charge in [0.2, 0.25) is 0 Å². The van der Waals surface area contributed by atoms with Crippen LogP contribution in [0.5, 0.6) is 0 Å². The van der Waals surface area contributed by atoms with E-state index in [1.807, 2.05) is 20.8 Å². The van der Waals surface area contributed by atoms with Crippen molar-refractivity contribution >= 4 is 11.9 Å². The molecule has 0 N–H and O–H groups in total. The summed E-state index contributed by atoms with van der Waals surface area (Å²) in [6.07, 6.45) is 4.12. The Bertz CT molecular complexity index is 349. The first-order valence-electron chi connectivity index (χ1n) is 6.79. The molecule has 2 aliphatic rings. The van der Waals surface area contributed by atoms with E-state index in [4.69, 9.17) is 4.74 Å². The summed E-state index contributed by atoms with van der Waals surface area (Å²) in [5.41, 5.74) is -0.245. The number of nitrogens with zero attached hydrogens (tertiary/aromatic N) is 1. The molecule has 4 heteroatoms. The number of likely N-dealkylation sites (tertiary alicyclic amines) is 1. The monoisotopic (exact) mass is 253 g/mol. The number of carbonyl (C=O) groups is 2. The first kappa shape index (κ1) is 13.4. The highest BCUT2D eigenvalue weighted by Gasteiger charge is 2.42.